The summed E-state index contributed by atoms with van der Waals surface area (Å²) in [7, 11) is 0. The quantitative estimate of drug-likeness (QED) is 0.689. The molecule has 0 saturated heterocycles. The molecule has 1 aromatic rings. The third kappa shape index (κ3) is 4.24. The van der Waals surface area contributed by atoms with Crippen LogP contribution in [0.15, 0.2) is 6.07 Å². The van der Waals surface area contributed by atoms with E-state index in [2.05, 4.69) is 9.72 Å². The van der Waals surface area contributed by atoms with E-state index in [1.165, 1.54) is 0 Å². The topological polar surface area (TPSA) is 59.4 Å². The summed E-state index contributed by atoms with van der Waals surface area (Å²) in [5.41, 5.74) is -3.20. The third-order valence-corrected chi connectivity index (χ3v) is 1.86. The van der Waals surface area contributed by atoms with Gasteiger partial charge in [-0.15, -0.1) is 13.2 Å². The van der Waals surface area contributed by atoms with Crippen molar-refractivity contribution >= 4 is 5.97 Å². The van der Waals surface area contributed by atoms with Gasteiger partial charge in [0, 0.05) is 0 Å². The van der Waals surface area contributed by atoms with Crippen molar-refractivity contribution in [3.05, 3.63) is 23.3 Å². The molecule has 20 heavy (non-hydrogen) atoms. The molecule has 0 aliphatic carbocycles. The van der Waals surface area contributed by atoms with E-state index < -0.39 is 47.9 Å². The molecule has 0 spiro atoms. The zero-order valence-electron chi connectivity index (χ0n) is 9.14. The molecule has 0 unspecified atom stereocenters. The van der Waals surface area contributed by atoms with E-state index in [-0.39, 0.29) is 6.07 Å². The minimum absolute atomic E-state index is 0.284. The van der Waals surface area contributed by atoms with Gasteiger partial charge in [0.25, 0.3) is 0 Å². The van der Waals surface area contributed by atoms with E-state index in [4.69, 9.17) is 5.11 Å². The lowest BCUT2D eigenvalue weighted by molar-refractivity contribution is -0.275. The Hall–Kier alpha value is -2.07. The summed E-state index contributed by atoms with van der Waals surface area (Å²) in [4.78, 5) is 12.9. The van der Waals surface area contributed by atoms with Crippen LogP contribution in [0.1, 0.15) is 11.3 Å². The number of carbonyl (C=O) groups is 1. The maximum Gasteiger partial charge on any atom is 0.573 e. The largest absolute Gasteiger partial charge is 0.573 e. The second-order valence-electron chi connectivity index (χ2n) is 3.39. The minimum atomic E-state index is -5.38. The molecule has 0 amide bonds. The van der Waals surface area contributed by atoms with E-state index in [0.29, 0.717) is 0 Å². The molecule has 1 heterocycles. The van der Waals surface area contributed by atoms with E-state index >= 15 is 0 Å². The lowest BCUT2D eigenvalue weighted by Gasteiger charge is -2.15. The number of aromatic nitrogens is 1. The van der Waals surface area contributed by atoms with Gasteiger partial charge in [-0.1, -0.05) is 0 Å². The van der Waals surface area contributed by atoms with Crippen molar-refractivity contribution in [2.24, 2.45) is 0 Å². The SMILES string of the molecule is O=C(O)Cc1nc(F)c(C(F)(F)F)cc1OC(F)(F)F. The molecule has 0 fully saturated rings. The number of carboxylic acid groups (broad SMARTS) is 1. The number of pyridine rings is 1. The average Bonchev–Trinajstić information content (AvgIpc) is 2.17. The summed E-state index contributed by atoms with van der Waals surface area (Å²) in [5.74, 6) is -5.37. The molecule has 0 saturated carbocycles. The van der Waals surface area contributed by atoms with Gasteiger partial charge in [-0.05, 0) is 6.07 Å². The van der Waals surface area contributed by atoms with Crippen LogP contribution in [0.4, 0.5) is 30.7 Å². The molecule has 11 heteroatoms. The summed E-state index contributed by atoms with van der Waals surface area (Å²) in [5, 5.41) is 8.39. The maximum atomic E-state index is 13.0. The van der Waals surface area contributed by atoms with Crippen molar-refractivity contribution in [3.8, 4) is 5.75 Å². The summed E-state index contributed by atoms with van der Waals surface area (Å²) in [6.07, 6.45) is -11.9. The fraction of sp³-hybridized carbons (Fsp3) is 0.333. The van der Waals surface area contributed by atoms with Gasteiger partial charge in [0.05, 0.1) is 12.1 Å². The summed E-state index contributed by atoms with van der Waals surface area (Å²) in [6, 6.07) is -0.284. The Labute approximate surface area is 105 Å². The molecule has 0 aliphatic heterocycles. The highest BCUT2D eigenvalue weighted by Crippen LogP contribution is 2.35. The van der Waals surface area contributed by atoms with Crippen LogP contribution in [-0.4, -0.2) is 22.4 Å². The van der Waals surface area contributed by atoms with Crippen molar-refractivity contribution < 1.29 is 45.4 Å². The van der Waals surface area contributed by atoms with Crippen LogP contribution in [0.5, 0.6) is 5.75 Å². The predicted molar refractivity (Wildman–Crippen MR) is 47.2 cm³/mol. The molecule has 4 nitrogen and oxygen atoms in total. The van der Waals surface area contributed by atoms with Crippen LogP contribution in [0.3, 0.4) is 0 Å². The highest BCUT2D eigenvalue weighted by Gasteiger charge is 2.39. The maximum absolute atomic E-state index is 13.0. The first-order chi connectivity index (χ1) is 8.90. The molecule has 112 valence electrons. The number of alkyl halides is 6. The molecular weight excluding hydrogens is 303 g/mol. The number of hydrogen-bond acceptors (Lipinski definition) is 3. The highest BCUT2D eigenvalue weighted by atomic mass is 19.4. The monoisotopic (exact) mass is 307 g/mol. The van der Waals surface area contributed by atoms with Gasteiger partial charge in [-0.25, -0.2) is 4.98 Å². The number of hydrogen-bond donors (Lipinski definition) is 1. The van der Waals surface area contributed by atoms with Crippen molar-refractivity contribution in [3.63, 3.8) is 0 Å². The first-order valence-corrected chi connectivity index (χ1v) is 4.64. The molecular formula is C9H4F7NO3. The van der Waals surface area contributed by atoms with Gasteiger partial charge in [0.15, 0.2) is 5.75 Å². The number of ether oxygens (including phenoxy) is 1. The predicted octanol–water partition coefficient (Wildman–Crippen LogP) is 2.77. The first kappa shape index (κ1) is 16.0. The number of nitrogens with zero attached hydrogens (tertiary/aromatic N) is 1. The fourth-order valence-electron chi connectivity index (χ4n) is 1.19. The van der Waals surface area contributed by atoms with Crippen molar-refractivity contribution in [1.82, 2.24) is 4.98 Å². The Morgan fingerprint density at radius 1 is 1.25 bits per heavy atom. The third-order valence-electron chi connectivity index (χ3n) is 1.86. The summed E-state index contributed by atoms with van der Waals surface area (Å²) in [6.45, 7) is 0. The lowest BCUT2D eigenvalue weighted by Crippen LogP contribution is -2.21. The Morgan fingerprint density at radius 3 is 2.20 bits per heavy atom. The van der Waals surface area contributed by atoms with Crippen LogP contribution < -0.4 is 4.74 Å². The number of rotatable bonds is 3. The Balaban J connectivity index is 3.37. The van der Waals surface area contributed by atoms with E-state index in [1.807, 2.05) is 0 Å². The van der Waals surface area contributed by atoms with Crippen LogP contribution in [0.25, 0.3) is 0 Å². The number of carboxylic acids is 1. The zero-order valence-corrected chi connectivity index (χ0v) is 9.14. The van der Waals surface area contributed by atoms with Gasteiger partial charge < -0.3 is 9.84 Å². The molecule has 0 aromatic carbocycles. The van der Waals surface area contributed by atoms with Crippen LogP contribution in [0, 0.1) is 5.95 Å². The van der Waals surface area contributed by atoms with E-state index in [9.17, 15) is 35.5 Å². The Kier molecular flexibility index (Phi) is 4.10. The molecule has 0 aliphatic rings. The highest BCUT2D eigenvalue weighted by molar-refractivity contribution is 5.70. The van der Waals surface area contributed by atoms with Gasteiger partial charge in [0.2, 0.25) is 5.95 Å². The van der Waals surface area contributed by atoms with Crippen molar-refractivity contribution in [2.75, 3.05) is 0 Å². The molecule has 1 N–H and O–H groups in total. The summed E-state index contributed by atoms with van der Waals surface area (Å²) < 4.78 is 89.3. The fourth-order valence-corrected chi connectivity index (χ4v) is 1.19. The number of halogens is 7. The zero-order chi connectivity index (χ0) is 15.7. The molecule has 0 radical (unpaired) electrons. The first-order valence-electron chi connectivity index (χ1n) is 4.64. The van der Waals surface area contributed by atoms with E-state index in [0.717, 1.165) is 0 Å². The molecule has 0 atom stereocenters. The van der Waals surface area contributed by atoms with E-state index in [1.54, 1.807) is 0 Å². The van der Waals surface area contributed by atoms with Crippen molar-refractivity contribution in [2.45, 2.75) is 19.0 Å². The van der Waals surface area contributed by atoms with Gasteiger partial charge >= 0.3 is 18.5 Å². The molecule has 1 rings (SSSR count). The van der Waals surface area contributed by atoms with Crippen LogP contribution in [-0.2, 0) is 17.4 Å². The van der Waals surface area contributed by atoms with Crippen molar-refractivity contribution in [1.29, 1.82) is 0 Å². The Morgan fingerprint density at radius 2 is 1.80 bits per heavy atom. The smallest absolute Gasteiger partial charge is 0.481 e. The normalized spacial score (nSPS) is 12.3. The minimum Gasteiger partial charge on any atom is -0.481 e. The van der Waals surface area contributed by atoms with Gasteiger partial charge in [-0.3, -0.25) is 4.79 Å². The summed E-state index contributed by atoms with van der Waals surface area (Å²) >= 11 is 0. The van der Waals surface area contributed by atoms with Gasteiger partial charge in [0.1, 0.15) is 5.56 Å². The second kappa shape index (κ2) is 5.13. The molecule has 0 bridgehead atoms. The standard InChI is InChI=1S/C9H4F7NO3/c10-7-3(8(11,12)13)1-5(20-9(14,15)16)4(17-7)2-6(18)19/h1H,2H2,(H,18,19). The molecule has 1 aromatic heterocycles. The van der Waals surface area contributed by atoms with Crippen LogP contribution in [0.2, 0.25) is 0 Å². The lowest BCUT2D eigenvalue weighted by atomic mass is 10.2. The number of aliphatic carboxylic acids is 1. The Bertz CT molecular complexity index is 523. The van der Waals surface area contributed by atoms with Crippen LogP contribution >= 0.6 is 0 Å². The second-order valence-corrected chi connectivity index (χ2v) is 3.39. The average molecular weight is 307 g/mol. The van der Waals surface area contributed by atoms with Gasteiger partial charge in [-0.2, -0.15) is 17.6 Å².